The Morgan fingerprint density at radius 3 is 2.75 bits per heavy atom. The molecule has 2 fully saturated rings. The highest BCUT2D eigenvalue weighted by Gasteiger charge is 2.35. The van der Waals surface area contributed by atoms with E-state index in [4.69, 9.17) is 0 Å². The largest absolute Gasteiger partial charge is 0.381 e. The molecule has 0 radical (unpaired) electrons. The fourth-order valence-electron chi connectivity index (χ4n) is 3.59. The first-order valence-corrected chi connectivity index (χ1v) is 7.92. The van der Waals surface area contributed by atoms with Crippen molar-refractivity contribution in [1.29, 1.82) is 0 Å². The molecule has 2 heterocycles. The summed E-state index contributed by atoms with van der Waals surface area (Å²) in [6.45, 7) is 4.41. The van der Waals surface area contributed by atoms with Gasteiger partial charge in [0.05, 0.1) is 0 Å². The van der Waals surface area contributed by atoms with Gasteiger partial charge in [-0.25, -0.2) is 0 Å². The van der Waals surface area contributed by atoms with Gasteiger partial charge in [0.15, 0.2) is 5.78 Å². The van der Waals surface area contributed by atoms with E-state index in [2.05, 4.69) is 10.2 Å². The van der Waals surface area contributed by atoms with Crippen LogP contribution in [0.3, 0.4) is 0 Å². The van der Waals surface area contributed by atoms with Gasteiger partial charge in [0.2, 0.25) is 0 Å². The zero-order valence-corrected chi connectivity index (χ0v) is 12.3. The Hall–Kier alpha value is -1.35. The molecule has 20 heavy (non-hydrogen) atoms. The maximum atomic E-state index is 11.6. The lowest BCUT2D eigenvalue weighted by atomic mass is 9.98. The van der Waals surface area contributed by atoms with E-state index in [0.29, 0.717) is 18.5 Å². The van der Waals surface area contributed by atoms with Crippen molar-refractivity contribution in [2.45, 2.75) is 51.1 Å². The van der Waals surface area contributed by atoms with Gasteiger partial charge in [0.1, 0.15) is 0 Å². The van der Waals surface area contributed by atoms with Crippen molar-refractivity contribution in [3.05, 3.63) is 29.8 Å². The number of Topliss-reactive ketones (excluding diaryl/α,β-unsaturated/α-hetero) is 1. The first-order valence-electron chi connectivity index (χ1n) is 7.92. The Morgan fingerprint density at radius 2 is 2.00 bits per heavy atom. The lowest BCUT2D eigenvalue weighted by Gasteiger charge is -2.33. The van der Waals surface area contributed by atoms with Crippen molar-refractivity contribution >= 4 is 11.5 Å². The number of nitrogens with zero attached hydrogens (tertiary/aromatic N) is 1. The number of ketones is 1. The van der Waals surface area contributed by atoms with Crippen LogP contribution in [-0.4, -0.2) is 35.9 Å². The van der Waals surface area contributed by atoms with Gasteiger partial charge in [-0.15, -0.1) is 0 Å². The number of piperidine rings is 1. The average molecular weight is 272 g/mol. The number of anilines is 1. The van der Waals surface area contributed by atoms with Crippen LogP contribution in [0.4, 0.5) is 5.69 Å². The van der Waals surface area contributed by atoms with Gasteiger partial charge in [-0.3, -0.25) is 9.69 Å². The van der Waals surface area contributed by atoms with Gasteiger partial charge < -0.3 is 5.32 Å². The molecule has 0 aromatic heterocycles. The zero-order chi connectivity index (χ0) is 13.9. The van der Waals surface area contributed by atoms with Crippen LogP contribution in [-0.2, 0) is 0 Å². The van der Waals surface area contributed by atoms with Crippen molar-refractivity contribution in [1.82, 2.24) is 4.90 Å². The molecule has 2 aliphatic rings. The minimum atomic E-state index is 0.218. The SMILES string of the molecule is CCC(=O)c1ccc(NC2CCN3CCCCC23)cc1. The van der Waals surface area contributed by atoms with E-state index in [9.17, 15) is 4.79 Å². The van der Waals surface area contributed by atoms with Crippen LogP contribution in [0.25, 0.3) is 0 Å². The summed E-state index contributed by atoms with van der Waals surface area (Å²) in [5.41, 5.74) is 1.97. The monoisotopic (exact) mass is 272 g/mol. The predicted molar refractivity (Wildman–Crippen MR) is 82.3 cm³/mol. The van der Waals surface area contributed by atoms with Crippen molar-refractivity contribution < 1.29 is 4.79 Å². The summed E-state index contributed by atoms with van der Waals surface area (Å²) < 4.78 is 0. The van der Waals surface area contributed by atoms with E-state index in [0.717, 1.165) is 11.3 Å². The Kier molecular flexibility index (Phi) is 4.06. The summed E-state index contributed by atoms with van der Waals surface area (Å²) in [5, 5.41) is 3.67. The average Bonchev–Trinajstić information content (AvgIpc) is 2.91. The van der Waals surface area contributed by atoms with Crippen molar-refractivity contribution in [2.75, 3.05) is 18.4 Å². The van der Waals surface area contributed by atoms with E-state index in [1.807, 2.05) is 31.2 Å². The minimum absolute atomic E-state index is 0.218. The maximum absolute atomic E-state index is 11.6. The Balaban J connectivity index is 1.64. The number of benzene rings is 1. The topological polar surface area (TPSA) is 32.3 Å². The van der Waals surface area contributed by atoms with Gasteiger partial charge in [0.25, 0.3) is 0 Å². The fourth-order valence-corrected chi connectivity index (χ4v) is 3.59. The van der Waals surface area contributed by atoms with Crippen LogP contribution in [0.15, 0.2) is 24.3 Å². The van der Waals surface area contributed by atoms with E-state index in [-0.39, 0.29) is 5.78 Å². The zero-order valence-electron chi connectivity index (χ0n) is 12.3. The van der Waals surface area contributed by atoms with E-state index in [1.165, 1.54) is 38.8 Å². The summed E-state index contributed by atoms with van der Waals surface area (Å²) in [6.07, 6.45) is 5.86. The van der Waals surface area contributed by atoms with Gasteiger partial charge in [0, 0.05) is 36.3 Å². The quantitative estimate of drug-likeness (QED) is 0.853. The molecule has 0 spiro atoms. The molecule has 0 aliphatic carbocycles. The fraction of sp³-hybridized carbons (Fsp3) is 0.588. The first kappa shape index (κ1) is 13.6. The Morgan fingerprint density at radius 1 is 1.20 bits per heavy atom. The van der Waals surface area contributed by atoms with Crippen LogP contribution in [0.2, 0.25) is 0 Å². The highest BCUT2D eigenvalue weighted by atomic mass is 16.1. The van der Waals surface area contributed by atoms with Crippen molar-refractivity contribution in [2.24, 2.45) is 0 Å². The number of carbonyl (C=O) groups is 1. The van der Waals surface area contributed by atoms with E-state index in [1.54, 1.807) is 0 Å². The molecule has 0 bridgehead atoms. The number of nitrogens with one attached hydrogen (secondary N) is 1. The second-order valence-corrected chi connectivity index (χ2v) is 5.99. The summed E-state index contributed by atoms with van der Waals surface area (Å²) in [5.74, 6) is 0.218. The third-order valence-electron chi connectivity index (χ3n) is 4.74. The summed E-state index contributed by atoms with van der Waals surface area (Å²) in [6, 6.07) is 9.27. The van der Waals surface area contributed by atoms with Crippen molar-refractivity contribution in [3.63, 3.8) is 0 Å². The van der Waals surface area contributed by atoms with Gasteiger partial charge in [-0.1, -0.05) is 13.3 Å². The van der Waals surface area contributed by atoms with E-state index < -0.39 is 0 Å². The second-order valence-electron chi connectivity index (χ2n) is 5.99. The van der Waals surface area contributed by atoms with E-state index >= 15 is 0 Å². The lowest BCUT2D eigenvalue weighted by molar-refractivity contribution is 0.0988. The molecule has 3 nitrogen and oxygen atoms in total. The third kappa shape index (κ3) is 2.73. The van der Waals surface area contributed by atoms with Gasteiger partial charge >= 0.3 is 0 Å². The summed E-state index contributed by atoms with van der Waals surface area (Å²) in [7, 11) is 0. The molecular formula is C17H24N2O. The standard InChI is InChI=1S/C17H24N2O/c1-2-17(20)13-6-8-14(9-7-13)18-15-10-12-19-11-4-3-5-16(15)19/h6-9,15-16,18H,2-5,10-12H2,1H3. The molecule has 2 unspecified atom stereocenters. The first-order chi connectivity index (χ1) is 9.78. The molecule has 1 aromatic rings. The molecule has 108 valence electrons. The number of fused-ring (bicyclic) bond motifs is 1. The third-order valence-corrected chi connectivity index (χ3v) is 4.74. The van der Waals surface area contributed by atoms with Crippen LogP contribution < -0.4 is 5.32 Å². The highest BCUT2D eigenvalue weighted by molar-refractivity contribution is 5.96. The molecule has 2 atom stereocenters. The van der Waals surface area contributed by atoms with Crippen molar-refractivity contribution in [3.8, 4) is 0 Å². The van der Waals surface area contributed by atoms with Gasteiger partial charge in [-0.05, 0) is 50.1 Å². The number of hydrogen-bond acceptors (Lipinski definition) is 3. The Labute approximate surface area is 121 Å². The molecule has 0 saturated carbocycles. The molecule has 2 aliphatic heterocycles. The van der Waals surface area contributed by atoms with Crippen LogP contribution >= 0.6 is 0 Å². The second kappa shape index (κ2) is 5.96. The molecule has 3 heteroatoms. The Bertz CT molecular complexity index is 468. The highest BCUT2D eigenvalue weighted by Crippen LogP contribution is 2.29. The maximum Gasteiger partial charge on any atom is 0.162 e. The lowest BCUT2D eigenvalue weighted by Crippen LogP contribution is -2.41. The summed E-state index contributed by atoms with van der Waals surface area (Å²) in [4.78, 5) is 14.3. The number of hydrogen-bond donors (Lipinski definition) is 1. The van der Waals surface area contributed by atoms with Crippen LogP contribution in [0.1, 0.15) is 49.4 Å². The smallest absolute Gasteiger partial charge is 0.162 e. The minimum Gasteiger partial charge on any atom is -0.381 e. The molecular weight excluding hydrogens is 248 g/mol. The predicted octanol–water partition coefficient (Wildman–Crippen LogP) is 3.32. The number of rotatable bonds is 4. The normalized spacial score (nSPS) is 26.2. The molecule has 2 saturated heterocycles. The van der Waals surface area contributed by atoms with Gasteiger partial charge in [-0.2, -0.15) is 0 Å². The molecule has 3 rings (SSSR count). The summed E-state index contributed by atoms with van der Waals surface area (Å²) >= 11 is 0. The van der Waals surface area contributed by atoms with Crippen LogP contribution in [0.5, 0.6) is 0 Å². The molecule has 1 N–H and O–H groups in total. The molecule has 1 aromatic carbocycles. The number of carbonyl (C=O) groups excluding carboxylic acids is 1. The van der Waals surface area contributed by atoms with Crippen LogP contribution in [0, 0.1) is 0 Å². The molecule has 0 amide bonds.